The number of ether oxygens (including phenoxy) is 2. The molecule has 2 aromatic carbocycles. The number of hydrogen-bond donors (Lipinski definition) is 3. The van der Waals surface area contributed by atoms with E-state index in [0.29, 0.717) is 25.2 Å². The van der Waals surface area contributed by atoms with Crippen LogP contribution in [0.15, 0.2) is 60.7 Å². The summed E-state index contributed by atoms with van der Waals surface area (Å²) in [6.07, 6.45) is 3.66. The van der Waals surface area contributed by atoms with Crippen molar-refractivity contribution in [2.75, 3.05) is 20.2 Å². The van der Waals surface area contributed by atoms with Gasteiger partial charge >= 0.3 is 17.9 Å². The maximum absolute atomic E-state index is 11.4. The van der Waals surface area contributed by atoms with Gasteiger partial charge in [0.15, 0.2) is 0 Å². The zero-order valence-electron chi connectivity index (χ0n) is 20.5. The molecule has 0 amide bonds. The van der Waals surface area contributed by atoms with Gasteiger partial charge in [0.1, 0.15) is 11.8 Å². The number of methoxy groups -OCH3 is 1. The number of piperidine rings is 1. The monoisotopic (exact) mass is 499 g/mol. The summed E-state index contributed by atoms with van der Waals surface area (Å²) < 4.78 is 11.4. The molecule has 0 spiro atoms. The average Bonchev–Trinajstić information content (AvgIpc) is 2.88. The third-order valence-corrected chi connectivity index (χ3v) is 5.85. The third-order valence-electron chi connectivity index (χ3n) is 5.85. The molecule has 9 nitrogen and oxygen atoms in total. The Hall–Kier alpha value is -3.69. The SMILES string of the molecule is CCC(C(=O)O)N1CCC(OCc2ccccc2-c2ccc(OC)cc2)CC1.O=C(O)C=CC(=O)O. The number of carboxylic acids is 3. The summed E-state index contributed by atoms with van der Waals surface area (Å²) in [7, 11) is 1.67. The fourth-order valence-electron chi connectivity index (χ4n) is 3.99. The van der Waals surface area contributed by atoms with Crippen molar-refractivity contribution in [2.24, 2.45) is 0 Å². The maximum Gasteiger partial charge on any atom is 0.328 e. The molecule has 0 radical (unpaired) electrons. The van der Waals surface area contributed by atoms with Gasteiger partial charge in [-0.1, -0.05) is 43.3 Å². The molecule has 36 heavy (non-hydrogen) atoms. The lowest BCUT2D eigenvalue weighted by Crippen LogP contribution is -2.46. The third kappa shape index (κ3) is 9.16. The summed E-state index contributed by atoms with van der Waals surface area (Å²) in [5, 5.41) is 25.0. The highest BCUT2D eigenvalue weighted by atomic mass is 16.5. The van der Waals surface area contributed by atoms with Crippen molar-refractivity contribution in [3.8, 4) is 16.9 Å². The number of likely N-dealkylation sites (tertiary alicyclic amines) is 1. The zero-order chi connectivity index (χ0) is 26.5. The molecule has 1 heterocycles. The minimum Gasteiger partial charge on any atom is -0.497 e. The van der Waals surface area contributed by atoms with Gasteiger partial charge in [-0.05, 0) is 48.1 Å². The van der Waals surface area contributed by atoms with Gasteiger partial charge in [0.2, 0.25) is 0 Å². The van der Waals surface area contributed by atoms with Crippen molar-refractivity contribution in [1.82, 2.24) is 4.90 Å². The van der Waals surface area contributed by atoms with Gasteiger partial charge in [0.05, 0.1) is 19.8 Å². The van der Waals surface area contributed by atoms with E-state index in [1.54, 1.807) is 7.11 Å². The van der Waals surface area contributed by atoms with Gasteiger partial charge in [0, 0.05) is 25.2 Å². The summed E-state index contributed by atoms with van der Waals surface area (Å²) >= 11 is 0. The Bertz CT molecular complexity index is 1010. The van der Waals surface area contributed by atoms with Crippen LogP contribution >= 0.6 is 0 Å². The lowest BCUT2D eigenvalue weighted by atomic mass is 10.00. The van der Waals surface area contributed by atoms with Crippen LogP contribution in [0.25, 0.3) is 11.1 Å². The first-order valence-corrected chi connectivity index (χ1v) is 11.7. The van der Waals surface area contributed by atoms with Gasteiger partial charge < -0.3 is 24.8 Å². The van der Waals surface area contributed by atoms with Crippen LogP contribution in [-0.2, 0) is 25.7 Å². The van der Waals surface area contributed by atoms with Crippen LogP contribution in [0.2, 0.25) is 0 Å². The molecule has 1 atom stereocenters. The first-order valence-electron chi connectivity index (χ1n) is 11.7. The Morgan fingerprint density at radius 2 is 1.56 bits per heavy atom. The van der Waals surface area contributed by atoms with Gasteiger partial charge in [-0.15, -0.1) is 0 Å². The predicted octanol–water partition coefficient (Wildman–Crippen LogP) is 3.92. The molecular formula is C27H33NO8. The summed E-state index contributed by atoms with van der Waals surface area (Å²) in [6.45, 7) is 4.03. The minimum absolute atomic E-state index is 0.173. The first kappa shape index (κ1) is 28.5. The largest absolute Gasteiger partial charge is 0.497 e. The number of carbonyl (C=O) groups is 3. The zero-order valence-corrected chi connectivity index (χ0v) is 20.5. The van der Waals surface area contributed by atoms with Crippen LogP contribution in [0, 0.1) is 0 Å². The molecule has 194 valence electrons. The molecule has 0 bridgehead atoms. The Morgan fingerprint density at radius 3 is 2.06 bits per heavy atom. The maximum atomic E-state index is 11.4. The van der Waals surface area contributed by atoms with E-state index in [-0.39, 0.29) is 12.1 Å². The highest BCUT2D eigenvalue weighted by Gasteiger charge is 2.28. The summed E-state index contributed by atoms with van der Waals surface area (Å²) in [5.74, 6) is -2.40. The van der Waals surface area contributed by atoms with Gasteiger partial charge in [-0.25, -0.2) is 9.59 Å². The molecule has 1 aliphatic heterocycles. The summed E-state index contributed by atoms with van der Waals surface area (Å²) in [4.78, 5) is 32.5. The van der Waals surface area contributed by atoms with Gasteiger partial charge in [-0.2, -0.15) is 0 Å². The second-order valence-corrected chi connectivity index (χ2v) is 8.20. The second-order valence-electron chi connectivity index (χ2n) is 8.20. The van der Waals surface area contributed by atoms with E-state index in [4.69, 9.17) is 19.7 Å². The molecule has 9 heteroatoms. The van der Waals surface area contributed by atoms with E-state index < -0.39 is 17.9 Å². The number of aliphatic carboxylic acids is 3. The molecule has 3 rings (SSSR count). The molecule has 0 saturated carbocycles. The normalized spacial score (nSPS) is 15.1. The molecule has 0 aliphatic carbocycles. The molecule has 2 aromatic rings. The fraction of sp³-hybridized carbons (Fsp3) is 0.370. The molecule has 0 aromatic heterocycles. The number of rotatable bonds is 10. The van der Waals surface area contributed by atoms with E-state index in [1.165, 1.54) is 5.56 Å². The van der Waals surface area contributed by atoms with Crippen LogP contribution < -0.4 is 4.74 Å². The lowest BCUT2D eigenvalue weighted by molar-refractivity contribution is -0.144. The van der Waals surface area contributed by atoms with E-state index in [1.807, 2.05) is 31.2 Å². The van der Waals surface area contributed by atoms with E-state index in [2.05, 4.69) is 29.2 Å². The molecular weight excluding hydrogens is 466 g/mol. The fourth-order valence-corrected chi connectivity index (χ4v) is 3.99. The lowest BCUT2D eigenvalue weighted by Gasteiger charge is -2.35. The van der Waals surface area contributed by atoms with Crippen molar-refractivity contribution in [2.45, 2.75) is 44.9 Å². The Morgan fingerprint density at radius 1 is 0.972 bits per heavy atom. The van der Waals surface area contributed by atoms with Crippen LogP contribution in [0.1, 0.15) is 31.7 Å². The number of benzene rings is 2. The number of hydrogen-bond acceptors (Lipinski definition) is 6. The van der Waals surface area contributed by atoms with Crippen molar-refractivity contribution >= 4 is 17.9 Å². The minimum atomic E-state index is -1.26. The van der Waals surface area contributed by atoms with Crippen LogP contribution in [0.5, 0.6) is 5.75 Å². The van der Waals surface area contributed by atoms with E-state index >= 15 is 0 Å². The van der Waals surface area contributed by atoms with Crippen molar-refractivity contribution < 1.29 is 39.2 Å². The molecule has 1 saturated heterocycles. The number of carboxylic acid groups (broad SMARTS) is 3. The summed E-state index contributed by atoms with van der Waals surface area (Å²) in [6, 6.07) is 16.0. The predicted molar refractivity (Wildman–Crippen MR) is 134 cm³/mol. The highest BCUT2D eigenvalue weighted by molar-refractivity contribution is 5.89. The molecule has 1 unspecified atom stereocenters. The Kier molecular flexibility index (Phi) is 11.6. The molecule has 3 N–H and O–H groups in total. The van der Waals surface area contributed by atoms with E-state index in [9.17, 15) is 19.5 Å². The molecule has 1 aliphatic rings. The Labute approximate surface area is 210 Å². The van der Waals surface area contributed by atoms with Crippen LogP contribution in [0.4, 0.5) is 0 Å². The average molecular weight is 500 g/mol. The van der Waals surface area contributed by atoms with Crippen molar-refractivity contribution in [3.05, 3.63) is 66.2 Å². The summed E-state index contributed by atoms with van der Waals surface area (Å²) in [5.41, 5.74) is 3.47. The standard InChI is InChI=1S/C23H29NO4.C4H4O4/c1-3-22(23(25)26)24-14-12-20(13-15-24)28-16-18-6-4-5-7-21(18)17-8-10-19(27-2)11-9-17;5-3(6)1-2-4(7)8/h4-11,20,22H,3,12-16H2,1-2H3,(H,25,26);1-2H,(H,5,6)(H,7,8). The second kappa shape index (κ2) is 14.7. The molecule has 1 fully saturated rings. The van der Waals surface area contributed by atoms with Crippen LogP contribution in [-0.4, -0.2) is 70.5 Å². The van der Waals surface area contributed by atoms with Crippen molar-refractivity contribution in [1.29, 1.82) is 0 Å². The Balaban J connectivity index is 0.000000493. The smallest absolute Gasteiger partial charge is 0.328 e. The van der Waals surface area contributed by atoms with Crippen LogP contribution in [0.3, 0.4) is 0 Å². The van der Waals surface area contributed by atoms with Crippen molar-refractivity contribution in [3.63, 3.8) is 0 Å². The van der Waals surface area contributed by atoms with Gasteiger partial charge in [0.25, 0.3) is 0 Å². The topological polar surface area (TPSA) is 134 Å². The number of nitrogens with zero attached hydrogens (tertiary/aromatic N) is 1. The van der Waals surface area contributed by atoms with Gasteiger partial charge in [-0.3, -0.25) is 9.69 Å². The first-order chi connectivity index (χ1) is 17.2. The quantitative estimate of drug-likeness (QED) is 0.416. The van der Waals surface area contributed by atoms with E-state index in [0.717, 1.165) is 42.8 Å². The highest BCUT2D eigenvalue weighted by Crippen LogP contribution is 2.27.